The highest BCUT2D eigenvalue weighted by Crippen LogP contribution is 2.29. The number of guanidine groups is 1. The Morgan fingerprint density at radius 3 is 2.31 bits per heavy atom. The lowest BCUT2D eigenvalue weighted by Crippen LogP contribution is -2.38. The van der Waals surface area contributed by atoms with Crippen molar-refractivity contribution in [2.45, 2.75) is 19.3 Å². The molecule has 1 N–H and O–H groups in total. The van der Waals surface area contributed by atoms with Gasteiger partial charge in [0.15, 0.2) is 5.96 Å². The molecule has 1 aromatic carbocycles. The van der Waals surface area contributed by atoms with Crippen molar-refractivity contribution in [3.8, 4) is 5.88 Å². The topological polar surface area (TPSA) is 49.8 Å². The molecule has 0 aliphatic rings. The zero-order chi connectivity index (χ0) is 19.2. The van der Waals surface area contributed by atoms with E-state index in [1.807, 2.05) is 18.0 Å². The maximum Gasteiger partial charge on any atom is 0.416 e. The van der Waals surface area contributed by atoms with Crippen molar-refractivity contribution < 1.29 is 17.9 Å². The highest BCUT2D eigenvalue weighted by molar-refractivity contribution is 5.79. The molecule has 0 aliphatic heterocycles. The van der Waals surface area contributed by atoms with Gasteiger partial charge in [-0.05, 0) is 23.3 Å². The second kappa shape index (κ2) is 8.55. The van der Waals surface area contributed by atoms with Crippen molar-refractivity contribution >= 4 is 5.96 Å². The van der Waals surface area contributed by atoms with Gasteiger partial charge in [-0.25, -0.2) is 4.98 Å². The minimum absolute atomic E-state index is 0.429. The average Bonchev–Trinajstić information content (AvgIpc) is 2.62. The number of aliphatic imine (C=N–C) groups is 1. The fraction of sp³-hybridized carbons (Fsp3) is 0.333. The number of hydrogen-bond acceptors (Lipinski definition) is 3. The minimum Gasteiger partial charge on any atom is -0.481 e. The van der Waals surface area contributed by atoms with Crippen molar-refractivity contribution in [3.63, 3.8) is 0 Å². The van der Waals surface area contributed by atoms with Crippen LogP contribution in [0.25, 0.3) is 0 Å². The van der Waals surface area contributed by atoms with Crippen molar-refractivity contribution in [2.24, 2.45) is 4.99 Å². The zero-order valence-electron chi connectivity index (χ0n) is 14.8. The Balaban J connectivity index is 1.94. The number of pyridine rings is 1. The van der Waals surface area contributed by atoms with Gasteiger partial charge in [0, 0.05) is 39.4 Å². The van der Waals surface area contributed by atoms with E-state index in [4.69, 9.17) is 4.74 Å². The van der Waals surface area contributed by atoms with Crippen LogP contribution in [-0.4, -0.2) is 37.0 Å². The summed E-state index contributed by atoms with van der Waals surface area (Å²) < 4.78 is 42.9. The summed E-state index contributed by atoms with van der Waals surface area (Å²) in [5.41, 5.74) is 1.06. The van der Waals surface area contributed by atoms with Gasteiger partial charge in [-0.1, -0.05) is 18.2 Å². The summed E-state index contributed by atoms with van der Waals surface area (Å²) >= 11 is 0. The van der Waals surface area contributed by atoms with Crippen LogP contribution < -0.4 is 10.1 Å². The summed E-state index contributed by atoms with van der Waals surface area (Å²) in [5, 5.41) is 3.19. The van der Waals surface area contributed by atoms with Crippen LogP contribution in [0.1, 0.15) is 16.7 Å². The molecular formula is C18H21F3N4O. The number of methoxy groups -OCH3 is 1. The van der Waals surface area contributed by atoms with Crippen LogP contribution in [0.5, 0.6) is 5.88 Å². The van der Waals surface area contributed by atoms with E-state index in [1.54, 1.807) is 26.4 Å². The standard InChI is InChI=1S/C18H21F3N4O/c1-22-17(24-11-14-6-9-16(26-3)23-10-14)25(2)12-13-4-7-15(8-5-13)18(19,20)21/h4-10H,11-12H2,1-3H3,(H,22,24). The highest BCUT2D eigenvalue weighted by Gasteiger charge is 2.29. The molecule has 2 aromatic rings. The second-order valence-corrected chi connectivity index (χ2v) is 5.66. The monoisotopic (exact) mass is 366 g/mol. The van der Waals surface area contributed by atoms with Gasteiger partial charge >= 0.3 is 6.18 Å². The molecule has 0 saturated heterocycles. The first-order valence-corrected chi connectivity index (χ1v) is 7.90. The fourth-order valence-corrected chi connectivity index (χ4v) is 2.35. The number of halogens is 3. The van der Waals surface area contributed by atoms with Crippen molar-refractivity contribution in [3.05, 3.63) is 59.3 Å². The smallest absolute Gasteiger partial charge is 0.416 e. The lowest BCUT2D eigenvalue weighted by Gasteiger charge is -2.22. The van der Waals surface area contributed by atoms with Gasteiger partial charge in [0.2, 0.25) is 5.88 Å². The van der Waals surface area contributed by atoms with Crippen molar-refractivity contribution in [1.82, 2.24) is 15.2 Å². The maximum atomic E-state index is 12.6. The average molecular weight is 366 g/mol. The number of ether oxygens (including phenoxy) is 1. The third kappa shape index (κ3) is 5.37. The van der Waals surface area contributed by atoms with Crippen LogP contribution in [0.15, 0.2) is 47.6 Å². The first-order chi connectivity index (χ1) is 12.3. The summed E-state index contributed by atoms with van der Waals surface area (Å²) in [4.78, 5) is 10.2. The fourth-order valence-electron chi connectivity index (χ4n) is 2.35. The van der Waals surface area contributed by atoms with Gasteiger partial charge in [0.25, 0.3) is 0 Å². The lowest BCUT2D eigenvalue weighted by molar-refractivity contribution is -0.137. The number of hydrogen-bond donors (Lipinski definition) is 1. The van der Waals surface area contributed by atoms with Crippen LogP contribution in [0, 0.1) is 0 Å². The van der Waals surface area contributed by atoms with Gasteiger partial charge in [0.05, 0.1) is 12.7 Å². The largest absolute Gasteiger partial charge is 0.481 e. The molecule has 0 fully saturated rings. The Bertz CT molecular complexity index is 728. The molecule has 0 radical (unpaired) electrons. The van der Waals surface area contributed by atoms with E-state index < -0.39 is 11.7 Å². The van der Waals surface area contributed by atoms with Crippen LogP contribution in [0.4, 0.5) is 13.2 Å². The molecule has 0 spiro atoms. The van der Waals surface area contributed by atoms with E-state index in [2.05, 4.69) is 15.3 Å². The van der Waals surface area contributed by atoms with Crippen LogP contribution >= 0.6 is 0 Å². The van der Waals surface area contributed by atoms with Crippen LogP contribution in [-0.2, 0) is 19.3 Å². The third-order valence-corrected chi connectivity index (χ3v) is 3.73. The van der Waals surface area contributed by atoms with Gasteiger partial charge in [-0.3, -0.25) is 4.99 Å². The molecule has 2 rings (SSSR count). The van der Waals surface area contributed by atoms with E-state index in [1.165, 1.54) is 12.1 Å². The van der Waals surface area contributed by atoms with Crippen molar-refractivity contribution in [1.29, 1.82) is 0 Å². The summed E-state index contributed by atoms with van der Waals surface area (Å²) in [6, 6.07) is 8.78. The number of nitrogens with one attached hydrogen (secondary N) is 1. The predicted molar refractivity (Wildman–Crippen MR) is 93.9 cm³/mol. The Hall–Kier alpha value is -2.77. The number of alkyl halides is 3. The molecule has 0 bridgehead atoms. The summed E-state index contributed by atoms with van der Waals surface area (Å²) in [6.07, 6.45) is -2.62. The van der Waals surface area contributed by atoms with Gasteiger partial charge in [-0.15, -0.1) is 0 Å². The van der Waals surface area contributed by atoms with Gasteiger partial charge in [-0.2, -0.15) is 13.2 Å². The molecule has 26 heavy (non-hydrogen) atoms. The van der Waals surface area contributed by atoms with E-state index in [0.29, 0.717) is 24.9 Å². The number of rotatable bonds is 5. The highest BCUT2D eigenvalue weighted by atomic mass is 19.4. The number of aromatic nitrogens is 1. The second-order valence-electron chi connectivity index (χ2n) is 5.66. The molecule has 1 heterocycles. The lowest BCUT2D eigenvalue weighted by atomic mass is 10.1. The molecule has 0 aliphatic carbocycles. The predicted octanol–water partition coefficient (Wildman–Crippen LogP) is 3.32. The van der Waals surface area contributed by atoms with Gasteiger partial charge in [0.1, 0.15) is 0 Å². The minimum atomic E-state index is -4.32. The molecular weight excluding hydrogens is 345 g/mol. The first kappa shape index (κ1) is 19.6. The summed E-state index contributed by atoms with van der Waals surface area (Å²) in [6.45, 7) is 0.944. The zero-order valence-corrected chi connectivity index (χ0v) is 14.8. The molecule has 0 amide bonds. The van der Waals surface area contributed by atoms with Crippen molar-refractivity contribution in [2.75, 3.05) is 21.2 Å². The number of nitrogens with zero attached hydrogens (tertiary/aromatic N) is 3. The molecule has 0 unspecified atom stereocenters. The van der Waals surface area contributed by atoms with E-state index >= 15 is 0 Å². The molecule has 0 saturated carbocycles. The summed E-state index contributed by atoms with van der Waals surface area (Å²) in [5.74, 6) is 1.17. The normalized spacial score (nSPS) is 12.0. The maximum absolute atomic E-state index is 12.6. The van der Waals surface area contributed by atoms with E-state index in [-0.39, 0.29) is 0 Å². The Kier molecular flexibility index (Phi) is 6.43. The number of benzene rings is 1. The molecule has 140 valence electrons. The Labute approximate surface area is 150 Å². The summed E-state index contributed by atoms with van der Waals surface area (Å²) in [7, 11) is 5.02. The molecule has 0 atom stereocenters. The third-order valence-electron chi connectivity index (χ3n) is 3.73. The van der Waals surface area contributed by atoms with Crippen LogP contribution in [0.2, 0.25) is 0 Å². The van der Waals surface area contributed by atoms with E-state index in [0.717, 1.165) is 23.3 Å². The van der Waals surface area contributed by atoms with Crippen LogP contribution in [0.3, 0.4) is 0 Å². The quantitative estimate of drug-likeness (QED) is 0.652. The SMILES string of the molecule is CN=C(NCc1ccc(OC)nc1)N(C)Cc1ccc(C(F)(F)F)cc1. The van der Waals surface area contributed by atoms with E-state index in [9.17, 15) is 13.2 Å². The molecule has 8 heteroatoms. The molecule has 1 aromatic heterocycles. The first-order valence-electron chi connectivity index (χ1n) is 7.90. The Morgan fingerprint density at radius 2 is 1.81 bits per heavy atom. The molecule has 5 nitrogen and oxygen atoms in total. The van der Waals surface area contributed by atoms with Gasteiger partial charge < -0.3 is 15.0 Å². The Morgan fingerprint density at radius 1 is 1.15 bits per heavy atom.